The molecule has 5 heteroatoms. The fourth-order valence-electron chi connectivity index (χ4n) is 2.09. The van der Waals surface area contributed by atoms with E-state index in [1.54, 1.807) is 6.92 Å². The van der Waals surface area contributed by atoms with Gasteiger partial charge >= 0.3 is 0 Å². The summed E-state index contributed by atoms with van der Waals surface area (Å²) in [7, 11) is 0. The van der Waals surface area contributed by atoms with Crippen LogP contribution in [0.3, 0.4) is 0 Å². The summed E-state index contributed by atoms with van der Waals surface area (Å²) in [6, 6.07) is 0. The van der Waals surface area contributed by atoms with Gasteiger partial charge in [-0.2, -0.15) is 4.98 Å². The molecule has 1 aromatic heterocycles. The first kappa shape index (κ1) is 11.5. The third-order valence-electron chi connectivity index (χ3n) is 3.21. The summed E-state index contributed by atoms with van der Waals surface area (Å²) in [5, 5.41) is 13.3. The summed E-state index contributed by atoms with van der Waals surface area (Å²) in [5.41, 5.74) is 0. The van der Waals surface area contributed by atoms with Crippen molar-refractivity contribution in [2.24, 2.45) is 0 Å². The second kappa shape index (κ2) is 4.93. The molecule has 1 aliphatic heterocycles. The van der Waals surface area contributed by atoms with E-state index in [2.05, 4.69) is 22.0 Å². The van der Waals surface area contributed by atoms with E-state index in [1.165, 1.54) is 0 Å². The molecular weight excluding hydrogens is 206 g/mol. The van der Waals surface area contributed by atoms with Gasteiger partial charge in [0.1, 0.15) is 6.10 Å². The monoisotopic (exact) mass is 225 g/mol. The Morgan fingerprint density at radius 2 is 2.19 bits per heavy atom. The van der Waals surface area contributed by atoms with Gasteiger partial charge in [-0.05, 0) is 39.4 Å². The van der Waals surface area contributed by atoms with E-state index in [4.69, 9.17) is 4.52 Å². The Labute approximate surface area is 95.4 Å². The summed E-state index contributed by atoms with van der Waals surface area (Å²) in [6.07, 6.45) is 1.48. The van der Waals surface area contributed by atoms with Gasteiger partial charge in [0, 0.05) is 5.92 Å². The Balaban J connectivity index is 1.97. The number of likely N-dealkylation sites (tertiary alicyclic amines) is 1. The van der Waals surface area contributed by atoms with Crippen LogP contribution in [0, 0.1) is 0 Å². The van der Waals surface area contributed by atoms with Gasteiger partial charge in [-0.3, -0.25) is 0 Å². The van der Waals surface area contributed by atoms with Gasteiger partial charge in [0.05, 0.1) is 0 Å². The molecule has 0 amide bonds. The van der Waals surface area contributed by atoms with Crippen molar-refractivity contribution in [3.8, 4) is 0 Å². The number of nitrogens with zero attached hydrogens (tertiary/aromatic N) is 3. The Hall–Kier alpha value is -0.940. The van der Waals surface area contributed by atoms with Gasteiger partial charge in [0.25, 0.3) is 5.89 Å². The molecule has 5 nitrogen and oxygen atoms in total. The number of hydrogen-bond acceptors (Lipinski definition) is 5. The van der Waals surface area contributed by atoms with Crippen molar-refractivity contribution < 1.29 is 9.63 Å². The molecule has 0 aromatic carbocycles. The van der Waals surface area contributed by atoms with Crippen LogP contribution >= 0.6 is 0 Å². The van der Waals surface area contributed by atoms with Crippen molar-refractivity contribution in [1.82, 2.24) is 15.0 Å². The third kappa shape index (κ3) is 2.41. The summed E-state index contributed by atoms with van der Waals surface area (Å²) < 4.78 is 5.01. The summed E-state index contributed by atoms with van der Waals surface area (Å²) >= 11 is 0. The molecule has 1 fully saturated rings. The fourth-order valence-corrected chi connectivity index (χ4v) is 2.09. The number of aliphatic hydroxyl groups is 1. The van der Waals surface area contributed by atoms with Crippen LogP contribution in [0.1, 0.15) is 50.4 Å². The topological polar surface area (TPSA) is 62.4 Å². The predicted molar refractivity (Wildman–Crippen MR) is 59.0 cm³/mol. The maximum Gasteiger partial charge on any atom is 0.255 e. The molecule has 0 bridgehead atoms. The van der Waals surface area contributed by atoms with Crippen molar-refractivity contribution in [1.29, 1.82) is 0 Å². The Morgan fingerprint density at radius 1 is 1.50 bits per heavy atom. The summed E-state index contributed by atoms with van der Waals surface area (Å²) in [5.74, 6) is 1.47. The highest BCUT2D eigenvalue weighted by atomic mass is 16.5. The minimum atomic E-state index is -0.669. The molecule has 16 heavy (non-hydrogen) atoms. The lowest BCUT2D eigenvalue weighted by atomic mass is 9.96. The minimum absolute atomic E-state index is 0.327. The van der Waals surface area contributed by atoms with Crippen molar-refractivity contribution in [3.63, 3.8) is 0 Å². The summed E-state index contributed by atoms with van der Waals surface area (Å²) in [6.45, 7) is 7.12. The normalized spacial score (nSPS) is 21.2. The average molecular weight is 225 g/mol. The summed E-state index contributed by atoms with van der Waals surface area (Å²) in [4.78, 5) is 6.66. The Kier molecular flexibility index (Phi) is 3.56. The zero-order valence-corrected chi connectivity index (χ0v) is 9.89. The van der Waals surface area contributed by atoms with E-state index in [1.807, 2.05) is 0 Å². The molecule has 0 radical (unpaired) electrons. The first-order valence-electron chi connectivity index (χ1n) is 5.94. The lowest BCUT2D eigenvalue weighted by molar-refractivity contribution is 0.151. The highest BCUT2D eigenvalue weighted by Gasteiger charge is 2.24. The lowest BCUT2D eigenvalue weighted by Crippen LogP contribution is -2.32. The lowest BCUT2D eigenvalue weighted by Gasteiger charge is -2.29. The van der Waals surface area contributed by atoms with E-state index >= 15 is 0 Å². The van der Waals surface area contributed by atoms with Crippen LogP contribution in [-0.4, -0.2) is 39.8 Å². The molecule has 90 valence electrons. The standard InChI is InChI=1S/C11H19N3O2/c1-3-14-6-4-9(5-7-14)10-12-11(8(2)15)16-13-10/h8-9,15H,3-7H2,1-2H3. The van der Waals surface area contributed by atoms with Crippen LogP contribution in [0.25, 0.3) is 0 Å². The molecule has 1 unspecified atom stereocenters. The molecule has 1 atom stereocenters. The van der Waals surface area contributed by atoms with Gasteiger partial charge in [-0.15, -0.1) is 0 Å². The largest absolute Gasteiger partial charge is 0.384 e. The minimum Gasteiger partial charge on any atom is -0.384 e. The number of hydrogen-bond donors (Lipinski definition) is 1. The molecule has 2 heterocycles. The zero-order valence-electron chi connectivity index (χ0n) is 9.89. The molecule has 1 aliphatic rings. The van der Waals surface area contributed by atoms with Crippen molar-refractivity contribution in [2.45, 2.75) is 38.7 Å². The molecule has 1 saturated heterocycles. The SMILES string of the molecule is CCN1CCC(c2noc(C(C)O)n2)CC1. The predicted octanol–water partition coefficient (Wildman–Crippen LogP) is 1.32. The molecule has 0 saturated carbocycles. The van der Waals surface area contributed by atoms with Crippen LogP contribution in [0.4, 0.5) is 0 Å². The smallest absolute Gasteiger partial charge is 0.255 e. The van der Waals surface area contributed by atoms with E-state index in [0.717, 1.165) is 38.3 Å². The third-order valence-corrected chi connectivity index (χ3v) is 3.21. The van der Waals surface area contributed by atoms with Crippen LogP contribution in [-0.2, 0) is 0 Å². The Bertz CT molecular complexity index is 330. The number of aliphatic hydroxyl groups excluding tert-OH is 1. The molecular formula is C11H19N3O2. The van der Waals surface area contributed by atoms with Gasteiger partial charge in [0.15, 0.2) is 5.82 Å². The van der Waals surface area contributed by atoms with Crippen LogP contribution in [0.15, 0.2) is 4.52 Å². The molecule has 0 spiro atoms. The van der Waals surface area contributed by atoms with Gasteiger partial charge in [-0.1, -0.05) is 12.1 Å². The zero-order chi connectivity index (χ0) is 11.5. The second-order valence-corrected chi connectivity index (χ2v) is 4.38. The van der Waals surface area contributed by atoms with E-state index in [-0.39, 0.29) is 0 Å². The van der Waals surface area contributed by atoms with Crippen molar-refractivity contribution in [2.75, 3.05) is 19.6 Å². The molecule has 1 N–H and O–H groups in total. The van der Waals surface area contributed by atoms with Crippen molar-refractivity contribution in [3.05, 3.63) is 11.7 Å². The molecule has 1 aromatic rings. The van der Waals surface area contributed by atoms with Gasteiger partial charge in [0.2, 0.25) is 0 Å². The first-order chi connectivity index (χ1) is 7.70. The van der Waals surface area contributed by atoms with E-state index in [9.17, 15) is 5.11 Å². The maximum atomic E-state index is 9.31. The van der Waals surface area contributed by atoms with Crippen LogP contribution in [0.5, 0.6) is 0 Å². The maximum absolute atomic E-state index is 9.31. The molecule has 0 aliphatic carbocycles. The molecule has 2 rings (SSSR count). The van der Waals surface area contributed by atoms with Gasteiger partial charge < -0.3 is 14.5 Å². The van der Waals surface area contributed by atoms with Crippen LogP contribution in [0.2, 0.25) is 0 Å². The second-order valence-electron chi connectivity index (χ2n) is 4.38. The Morgan fingerprint density at radius 3 is 2.69 bits per heavy atom. The van der Waals surface area contributed by atoms with Gasteiger partial charge in [-0.25, -0.2) is 0 Å². The van der Waals surface area contributed by atoms with Crippen LogP contribution < -0.4 is 0 Å². The van der Waals surface area contributed by atoms with E-state index < -0.39 is 6.10 Å². The quantitative estimate of drug-likeness (QED) is 0.840. The first-order valence-corrected chi connectivity index (χ1v) is 5.94. The van der Waals surface area contributed by atoms with E-state index in [0.29, 0.717) is 11.8 Å². The number of piperidine rings is 1. The number of rotatable bonds is 3. The fraction of sp³-hybridized carbons (Fsp3) is 0.818. The highest BCUT2D eigenvalue weighted by Crippen LogP contribution is 2.26. The average Bonchev–Trinajstić information content (AvgIpc) is 2.78. The number of aromatic nitrogens is 2. The van der Waals surface area contributed by atoms with Crippen molar-refractivity contribution >= 4 is 0 Å². The highest BCUT2D eigenvalue weighted by molar-refractivity contribution is 4.98.